The maximum atomic E-state index is 5.85. The SMILES string of the molecule is Clc1nc(Cl)c2c(n1)OC(C1CC1)CO2. The van der Waals surface area contributed by atoms with Crippen molar-refractivity contribution in [3.05, 3.63) is 10.4 Å². The van der Waals surface area contributed by atoms with Gasteiger partial charge in [-0.3, -0.25) is 0 Å². The quantitative estimate of drug-likeness (QED) is 0.564. The molecule has 6 heteroatoms. The van der Waals surface area contributed by atoms with Crippen molar-refractivity contribution >= 4 is 23.2 Å². The van der Waals surface area contributed by atoms with Gasteiger partial charge in [0.25, 0.3) is 5.88 Å². The number of hydrogen-bond acceptors (Lipinski definition) is 4. The Bertz CT molecular complexity index is 409. The normalized spacial score (nSPS) is 24.0. The summed E-state index contributed by atoms with van der Waals surface area (Å²) in [5.74, 6) is 1.35. The zero-order valence-corrected chi connectivity index (χ0v) is 9.25. The smallest absolute Gasteiger partial charge is 0.263 e. The lowest BCUT2D eigenvalue weighted by molar-refractivity contribution is 0.0694. The summed E-state index contributed by atoms with van der Waals surface area (Å²) in [6, 6.07) is 0. The first-order chi connectivity index (χ1) is 7.24. The third-order valence-electron chi connectivity index (χ3n) is 2.57. The van der Waals surface area contributed by atoms with Crippen LogP contribution in [0.5, 0.6) is 11.6 Å². The zero-order chi connectivity index (χ0) is 10.4. The van der Waals surface area contributed by atoms with Crippen LogP contribution in [0.1, 0.15) is 12.8 Å². The van der Waals surface area contributed by atoms with E-state index in [-0.39, 0.29) is 16.5 Å². The molecule has 1 unspecified atom stereocenters. The number of nitrogens with zero attached hydrogens (tertiary/aromatic N) is 2. The third-order valence-corrected chi connectivity index (χ3v) is 2.99. The molecule has 0 saturated heterocycles. The summed E-state index contributed by atoms with van der Waals surface area (Å²) in [5.41, 5.74) is 0. The Kier molecular flexibility index (Phi) is 2.14. The van der Waals surface area contributed by atoms with Crippen LogP contribution in [0, 0.1) is 5.92 Å². The molecule has 0 spiro atoms. The molecule has 1 fully saturated rings. The Morgan fingerprint density at radius 3 is 2.73 bits per heavy atom. The Labute approximate surface area is 96.5 Å². The first-order valence-corrected chi connectivity index (χ1v) is 5.52. The summed E-state index contributed by atoms with van der Waals surface area (Å²) in [5, 5.41) is 0.290. The van der Waals surface area contributed by atoms with Gasteiger partial charge in [0.1, 0.15) is 12.7 Å². The Balaban J connectivity index is 1.93. The minimum absolute atomic E-state index is 0.0822. The molecule has 2 heterocycles. The summed E-state index contributed by atoms with van der Waals surface area (Å²) in [6.07, 6.45) is 2.46. The summed E-state index contributed by atoms with van der Waals surface area (Å²) in [6.45, 7) is 0.516. The molecule has 0 radical (unpaired) electrons. The molecule has 0 amide bonds. The van der Waals surface area contributed by atoms with Gasteiger partial charge >= 0.3 is 0 Å². The molecular weight excluding hydrogens is 239 g/mol. The van der Waals surface area contributed by atoms with Crippen molar-refractivity contribution in [3.8, 4) is 11.6 Å². The maximum Gasteiger partial charge on any atom is 0.263 e. The first-order valence-electron chi connectivity index (χ1n) is 4.76. The van der Waals surface area contributed by atoms with Gasteiger partial charge in [0, 0.05) is 0 Å². The van der Waals surface area contributed by atoms with E-state index in [1.807, 2.05) is 0 Å². The largest absolute Gasteiger partial charge is 0.482 e. The van der Waals surface area contributed by atoms with Gasteiger partial charge in [-0.25, -0.2) is 4.98 Å². The average molecular weight is 247 g/mol. The number of halogens is 2. The molecule has 1 aromatic heterocycles. The zero-order valence-electron chi connectivity index (χ0n) is 7.74. The molecule has 2 aliphatic rings. The molecule has 0 aromatic carbocycles. The summed E-state index contributed by atoms with van der Waals surface area (Å²) in [7, 11) is 0. The van der Waals surface area contributed by atoms with Crippen LogP contribution in [0.15, 0.2) is 0 Å². The second-order valence-electron chi connectivity index (χ2n) is 3.72. The van der Waals surface area contributed by atoms with Crippen LogP contribution in [-0.4, -0.2) is 22.7 Å². The van der Waals surface area contributed by atoms with Crippen molar-refractivity contribution in [2.75, 3.05) is 6.61 Å². The second-order valence-corrected chi connectivity index (χ2v) is 4.42. The van der Waals surface area contributed by atoms with Crippen molar-refractivity contribution in [2.24, 2.45) is 5.92 Å². The van der Waals surface area contributed by atoms with E-state index in [0.29, 0.717) is 24.2 Å². The van der Waals surface area contributed by atoms with E-state index in [1.54, 1.807) is 0 Å². The van der Waals surface area contributed by atoms with Crippen molar-refractivity contribution in [1.82, 2.24) is 9.97 Å². The number of ether oxygens (including phenoxy) is 2. The Morgan fingerprint density at radius 2 is 2.00 bits per heavy atom. The first kappa shape index (κ1) is 9.48. The molecule has 0 bridgehead atoms. The average Bonchev–Trinajstić information content (AvgIpc) is 2.99. The van der Waals surface area contributed by atoms with Crippen LogP contribution in [0.2, 0.25) is 10.4 Å². The van der Waals surface area contributed by atoms with Crippen LogP contribution in [-0.2, 0) is 0 Å². The predicted molar refractivity (Wildman–Crippen MR) is 54.7 cm³/mol. The molecule has 80 valence electrons. The van der Waals surface area contributed by atoms with Crippen molar-refractivity contribution in [3.63, 3.8) is 0 Å². The highest BCUT2D eigenvalue weighted by Gasteiger charge is 2.37. The fourth-order valence-electron chi connectivity index (χ4n) is 1.62. The van der Waals surface area contributed by atoms with Gasteiger partial charge in [-0.05, 0) is 30.4 Å². The molecule has 4 nitrogen and oxygen atoms in total. The molecule has 1 aromatic rings. The monoisotopic (exact) mass is 246 g/mol. The van der Waals surface area contributed by atoms with E-state index in [0.717, 1.165) is 0 Å². The minimum Gasteiger partial charge on any atom is -0.482 e. The van der Waals surface area contributed by atoms with Gasteiger partial charge in [0.15, 0.2) is 5.15 Å². The lowest BCUT2D eigenvalue weighted by atomic mass is 10.2. The van der Waals surface area contributed by atoms with Gasteiger partial charge in [0.2, 0.25) is 11.0 Å². The molecule has 15 heavy (non-hydrogen) atoms. The highest BCUT2D eigenvalue weighted by molar-refractivity contribution is 6.33. The summed E-state index contributed by atoms with van der Waals surface area (Å²) in [4.78, 5) is 7.74. The van der Waals surface area contributed by atoms with Crippen LogP contribution >= 0.6 is 23.2 Å². The Hall–Kier alpha value is -0.740. The van der Waals surface area contributed by atoms with Crippen LogP contribution in [0.3, 0.4) is 0 Å². The van der Waals surface area contributed by atoms with Gasteiger partial charge in [-0.15, -0.1) is 0 Å². The second kappa shape index (κ2) is 3.39. The van der Waals surface area contributed by atoms with Gasteiger partial charge < -0.3 is 9.47 Å². The van der Waals surface area contributed by atoms with E-state index in [1.165, 1.54) is 12.8 Å². The summed E-state index contributed by atoms with van der Waals surface area (Å²) >= 11 is 11.5. The third kappa shape index (κ3) is 1.72. The molecule has 1 saturated carbocycles. The number of fused-ring (bicyclic) bond motifs is 1. The minimum atomic E-state index is 0.0822. The topological polar surface area (TPSA) is 44.2 Å². The van der Waals surface area contributed by atoms with E-state index >= 15 is 0 Å². The van der Waals surface area contributed by atoms with Gasteiger partial charge in [0.05, 0.1) is 0 Å². The fraction of sp³-hybridized carbons (Fsp3) is 0.556. The molecule has 3 rings (SSSR count). The van der Waals surface area contributed by atoms with E-state index in [4.69, 9.17) is 32.7 Å². The fourth-order valence-corrected chi connectivity index (χ4v) is 2.04. The highest BCUT2D eigenvalue weighted by Crippen LogP contribution is 2.42. The van der Waals surface area contributed by atoms with E-state index in [9.17, 15) is 0 Å². The lowest BCUT2D eigenvalue weighted by Gasteiger charge is -2.25. The lowest BCUT2D eigenvalue weighted by Crippen LogP contribution is -2.31. The molecule has 1 aliphatic heterocycles. The molecule has 1 aliphatic carbocycles. The maximum absolute atomic E-state index is 5.85. The number of aromatic nitrogens is 2. The molecular formula is C9H8Cl2N2O2. The predicted octanol–water partition coefficient (Wildman–Crippen LogP) is 2.33. The summed E-state index contributed by atoms with van der Waals surface area (Å²) < 4.78 is 11.2. The molecule has 0 N–H and O–H groups in total. The van der Waals surface area contributed by atoms with E-state index < -0.39 is 0 Å². The van der Waals surface area contributed by atoms with Crippen molar-refractivity contribution in [2.45, 2.75) is 18.9 Å². The Morgan fingerprint density at radius 1 is 1.20 bits per heavy atom. The number of rotatable bonds is 1. The van der Waals surface area contributed by atoms with Gasteiger partial charge in [-0.1, -0.05) is 11.6 Å². The van der Waals surface area contributed by atoms with Crippen LogP contribution in [0.4, 0.5) is 0 Å². The van der Waals surface area contributed by atoms with Gasteiger partial charge in [-0.2, -0.15) is 4.98 Å². The molecule has 1 atom stereocenters. The highest BCUT2D eigenvalue weighted by atomic mass is 35.5. The van der Waals surface area contributed by atoms with Crippen LogP contribution in [0.25, 0.3) is 0 Å². The number of hydrogen-bond donors (Lipinski definition) is 0. The van der Waals surface area contributed by atoms with E-state index in [2.05, 4.69) is 9.97 Å². The standard InChI is InChI=1S/C9H8Cl2N2O2/c10-7-6-8(13-9(11)12-7)15-5(3-14-6)4-1-2-4/h4-5H,1-3H2. The van der Waals surface area contributed by atoms with Crippen LogP contribution < -0.4 is 9.47 Å². The van der Waals surface area contributed by atoms with Crippen molar-refractivity contribution in [1.29, 1.82) is 0 Å². The van der Waals surface area contributed by atoms with Crippen molar-refractivity contribution < 1.29 is 9.47 Å².